The van der Waals surface area contributed by atoms with E-state index < -0.39 is 0 Å². The number of thiophene rings is 1. The van der Waals surface area contributed by atoms with Crippen LogP contribution in [0.2, 0.25) is 0 Å². The largest absolute Gasteiger partial charge is 0.369 e. The first-order valence-electron chi connectivity index (χ1n) is 7.14. The molecule has 4 heteroatoms. The van der Waals surface area contributed by atoms with Crippen LogP contribution in [0.3, 0.4) is 0 Å². The Balaban J connectivity index is 2.03. The second-order valence-corrected chi connectivity index (χ2v) is 7.11. The average Bonchev–Trinajstić information content (AvgIpc) is 2.73. The van der Waals surface area contributed by atoms with Crippen LogP contribution in [0.25, 0.3) is 10.2 Å². The Morgan fingerprint density at radius 2 is 2.26 bits per heavy atom. The second kappa shape index (κ2) is 5.08. The fourth-order valence-corrected chi connectivity index (χ4v) is 4.06. The zero-order valence-electron chi connectivity index (χ0n) is 11.9. The Kier molecular flexibility index (Phi) is 3.44. The van der Waals surface area contributed by atoms with E-state index in [9.17, 15) is 0 Å². The van der Waals surface area contributed by atoms with Crippen molar-refractivity contribution in [3.8, 4) is 0 Å². The lowest BCUT2D eigenvalue weighted by atomic mass is 9.89. The van der Waals surface area contributed by atoms with Crippen molar-refractivity contribution in [2.75, 3.05) is 11.9 Å². The highest BCUT2D eigenvalue weighted by atomic mass is 32.1. The average molecular weight is 275 g/mol. The van der Waals surface area contributed by atoms with Crippen LogP contribution in [-0.4, -0.2) is 16.5 Å². The van der Waals surface area contributed by atoms with Crippen molar-refractivity contribution < 1.29 is 0 Å². The third-order valence-corrected chi connectivity index (χ3v) is 4.93. The molecule has 1 N–H and O–H groups in total. The standard InChI is InChI=1S/C15H21N3S/c1-9(2)7-16-14-13-11-5-4-10(3)6-12(11)19-15(13)18-8-17-14/h8-10H,4-7H2,1-3H3,(H,16,17,18)/t10-/m1/s1. The van der Waals surface area contributed by atoms with Gasteiger partial charge in [0.1, 0.15) is 17.0 Å². The number of rotatable bonds is 3. The Morgan fingerprint density at radius 3 is 3.05 bits per heavy atom. The first-order chi connectivity index (χ1) is 9.15. The fraction of sp³-hybridized carbons (Fsp3) is 0.600. The summed E-state index contributed by atoms with van der Waals surface area (Å²) in [6.45, 7) is 7.75. The molecule has 3 nitrogen and oxygen atoms in total. The molecule has 102 valence electrons. The molecule has 0 aliphatic heterocycles. The van der Waals surface area contributed by atoms with E-state index in [1.807, 2.05) is 11.3 Å². The maximum atomic E-state index is 4.47. The quantitative estimate of drug-likeness (QED) is 0.923. The van der Waals surface area contributed by atoms with E-state index in [2.05, 4.69) is 36.1 Å². The molecule has 0 amide bonds. The predicted molar refractivity (Wildman–Crippen MR) is 81.9 cm³/mol. The zero-order valence-corrected chi connectivity index (χ0v) is 12.7. The van der Waals surface area contributed by atoms with Gasteiger partial charge in [0.2, 0.25) is 0 Å². The topological polar surface area (TPSA) is 37.8 Å². The normalized spacial score (nSPS) is 18.8. The van der Waals surface area contributed by atoms with Gasteiger partial charge < -0.3 is 5.32 Å². The molecule has 0 radical (unpaired) electrons. The van der Waals surface area contributed by atoms with E-state index in [0.717, 1.165) is 23.1 Å². The number of aromatic nitrogens is 2. The summed E-state index contributed by atoms with van der Waals surface area (Å²) in [7, 11) is 0. The summed E-state index contributed by atoms with van der Waals surface area (Å²) < 4.78 is 0. The van der Waals surface area contributed by atoms with E-state index in [1.165, 1.54) is 35.1 Å². The van der Waals surface area contributed by atoms with Gasteiger partial charge in [0, 0.05) is 11.4 Å². The van der Waals surface area contributed by atoms with Gasteiger partial charge in [-0.1, -0.05) is 20.8 Å². The van der Waals surface area contributed by atoms with Crippen LogP contribution in [-0.2, 0) is 12.8 Å². The minimum atomic E-state index is 0.625. The van der Waals surface area contributed by atoms with Gasteiger partial charge in [0.25, 0.3) is 0 Å². The minimum Gasteiger partial charge on any atom is -0.369 e. The van der Waals surface area contributed by atoms with Gasteiger partial charge in [-0.25, -0.2) is 9.97 Å². The summed E-state index contributed by atoms with van der Waals surface area (Å²) in [5.74, 6) is 2.46. The van der Waals surface area contributed by atoms with Gasteiger partial charge in [0.05, 0.1) is 5.39 Å². The van der Waals surface area contributed by atoms with E-state index in [1.54, 1.807) is 6.33 Å². The van der Waals surface area contributed by atoms with E-state index in [4.69, 9.17) is 0 Å². The highest BCUT2D eigenvalue weighted by molar-refractivity contribution is 7.19. The van der Waals surface area contributed by atoms with Crippen LogP contribution in [0.1, 0.15) is 37.6 Å². The molecular formula is C15H21N3S. The number of aryl methyl sites for hydroxylation is 1. The minimum absolute atomic E-state index is 0.625. The molecule has 1 atom stereocenters. The van der Waals surface area contributed by atoms with Crippen molar-refractivity contribution in [3.63, 3.8) is 0 Å². The zero-order chi connectivity index (χ0) is 13.4. The smallest absolute Gasteiger partial charge is 0.138 e. The molecule has 0 unspecified atom stereocenters. The number of nitrogens with zero attached hydrogens (tertiary/aromatic N) is 2. The summed E-state index contributed by atoms with van der Waals surface area (Å²) in [4.78, 5) is 11.6. The third-order valence-electron chi connectivity index (χ3n) is 3.77. The van der Waals surface area contributed by atoms with Gasteiger partial charge in [-0.2, -0.15) is 0 Å². The molecule has 0 fully saturated rings. The molecule has 0 saturated carbocycles. The Labute approximate surface area is 118 Å². The molecule has 0 bridgehead atoms. The molecule has 1 aliphatic rings. The summed E-state index contributed by atoms with van der Waals surface area (Å²) >= 11 is 1.86. The van der Waals surface area contributed by atoms with Crippen molar-refractivity contribution in [2.45, 2.75) is 40.0 Å². The van der Waals surface area contributed by atoms with Crippen LogP contribution in [0, 0.1) is 11.8 Å². The maximum absolute atomic E-state index is 4.47. The third kappa shape index (κ3) is 2.46. The molecule has 0 aromatic carbocycles. The Hall–Kier alpha value is -1.16. The van der Waals surface area contributed by atoms with E-state index >= 15 is 0 Å². The van der Waals surface area contributed by atoms with Gasteiger partial charge in [-0.15, -0.1) is 11.3 Å². The molecule has 2 aromatic rings. The lowest BCUT2D eigenvalue weighted by molar-refractivity contribution is 0.509. The van der Waals surface area contributed by atoms with Crippen LogP contribution >= 0.6 is 11.3 Å². The van der Waals surface area contributed by atoms with Crippen molar-refractivity contribution in [2.24, 2.45) is 11.8 Å². The van der Waals surface area contributed by atoms with E-state index in [0.29, 0.717) is 5.92 Å². The lowest BCUT2D eigenvalue weighted by Crippen LogP contribution is -2.11. The molecule has 0 saturated heterocycles. The van der Waals surface area contributed by atoms with Gasteiger partial charge in [-0.3, -0.25) is 0 Å². The van der Waals surface area contributed by atoms with Gasteiger partial charge >= 0.3 is 0 Å². The fourth-order valence-electron chi connectivity index (χ4n) is 2.71. The van der Waals surface area contributed by atoms with Gasteiger partial charge in [-0.05, 0) is 36.7 Å². The molecule has 2 heterocycles. The van der Waals surface area contributed by atoms with Crippen molar-refractivity contribution in [1.29, 1.82) is 0 Å². The molecular weight excluding hydrogens is 254 g/mol. The molecule has 2 aromatic heterocycles. The Bertz CT molecular complexity index is 588. The summed E-state index contributed by atoms with van der Waals surface area (Å²) in [6, 6.07) is 0. The van der Waals surface area contributed by atoms with E-state index in [-0.39, 0.29) is 0 Å². The Morgan fingerprint density at radius 1 is 1.42 bits per heavy atom. The first-order valence-corrected chi connectivity index (χ1v) is 7.96. The molecule has 19 heavy (non-hydrogen) atoms. The van der Waals surface area contributed by atoms with Crippen molar-refractivity contribution in [1.82, 2.24) is 9.97 Å². The van der Waals surface area contributed by atoms with Crippen LogP contribution in [0.15, 0.2) is 6.33 Å². The maximum Gasteiger partial charge on any atom is 0.138 e. The predicted octanol–water partition coefficient (Wildman–Crippen LogP) is 3.88. The SMILES string of the molecule is CC(C)CNc1ncnc2sc3c(c12)CC[C@@H](C)C3. The first kappa shape index (κ1) is 12.9. The number of hydrogen-bond donors (Lipinski definition) is 1. The van der Waals surface area contributed by atoms with Crippen LogP contribution in [0.5, 0.6) is 0 Å². The van der Waals surface area contributed by atoms with Crippen molar-refractivity contribution in [3.05, 3.63) is 16.8 Å². The van der Waals surface area contributed by atoms with Crippen LogP contribution in [0.4, 0.5) is 5.82 Å². The highest BCUT2D eigenvalue weighted by Gasteiger charge is 2.22. The molecule has 0 spiro atoms. The summed E-state index contributed by atoms with van der Waals surface area (Å²) in [5.41, 5.74) is 1.50. The monoisotopic (exact) mass is 275 g/mol. The van der Waals surface area contributed by atoms with Crippen LogP contribution < -0.4 is 5.32 Å². The number of fused-ring (bicyclic) bond motifs is 3. The lowest BCUT2D eigenvalue weighted by Gasteiger charge is -2.18. The molecule has 1 aliphatic carbocycles. The number of hydrogen-bond acceptors (Lipinski definition) is 4. The summed E-state index contributed by atoms with van der Waals surface area (Å²) in [6.07, 6.45) is 5.37. The van der Waals surface area contributed by atoms with Gasteiger partial charge in [0.15, 0.2) is 0 Å². The summed E-state index contributed by atoms with van der Waals surface area (Å²) in [5, 5.41) is 4.78. The second-order valence-electron chi connectivity index (χ2n) is 6.03. The number of nitrogens with one attached hydrogen (secondary N) is 1. The number of anilines is 1. The van der Waals surface area contributed by atoms with Crippen molar-refractivity contribution >= 4 is 27.4 Å². The molecule has 3 rings (SSSR count). The highest BCUT2D eigenvalue weighted by Crippen LogP contribution is 2.39.